The second-order valence-corrected chi connectivity index (χ2v) is 6.04. The molecule has 0 saturated heterocycles. The lowest BCUT2D eigenvalue weighted by Gasteiger charge is -2.15. The van der Waals surface area contributed by atoms with E-state index in [1.807, 2.05) is 0 Å². The van der Waals surface area contributed by atoms with Crippen molar-refractivity contribution in [2.24, 2.45) is 0 Å². The average molecular weight is 419 g/mol. The van der Waals surface area contributed by atoms with E-state index in [-0.39, 0.29) is 23.5 Å². The minimum absolute atomic E-state index is 0.0783. The van der Waals surface area contributed by atoms with E-state index in [1.54, 1.807) is 18.2 Å². The van der Waals surface area contributed by atoms with E-state index in [0.717, 1.165) is 12.1 Å². The van der Waals surface area contributed by atoms with Gasteiger partial charge in [0.05, 0.1) is 36.2 Å². The molecule has 156 valence electrons. The number of methoxy groups -OCH3 is 1. The van der Waals surface area contributed by atoms with Crippen LogP contribution in [0.2, 0.25) is 0 Å². The summed E-state index contributed by atoms with van der Waals surface area (Å²) in [5, 5.41) is 9.14. The largest absolute Gasteiger partial charge is 0.465 e. The lowest BCUT2D eigenvalue weighted by Crippen LogP contribution is -2.23. The highest BCUT2D eigenvalue weighted by Gasteiger charge is 2.31. The van der Waals surface area contributed by atoms with Crippen LogP contribution in [0.5, 0.6) is 0 Å². The summed E-state index contributed by atoms with van der Waals surface area (Å²) in [4.78, 5) is 27.7. The first kappa shape index (κ1) is 20.8. The topological polar surface area (TPSA) is 98.1 Å². The van der Waals surface area contributed by atoms with Crippen LogP contribution < -0.4 is 10.6 Å². The summed E-state index contributed by atoms with van der Waals surface area (Å²) >= 11 is 0. The standard InChI is InChI=1S/C19H16F3N5O3/c1-30-18(29)12-3-2-4-14(7-12)24-9-17(28)26-15-8-13(19(20,21)22)5-6-16(15)27-11-23-10-25-27/h2-8,10-11,24H,9H2,1H3,(H,26,28). The Morgan fingerprint density at radius 2 is 1.97 bits per heavy atom. The van der Waals surface area contributed by atoms with Crippen LogP contribution in [0.1, 0.15) is 15.9 Å². The summed E-state index contributed by atoms with van der Waals surface area (Å²) in [6.07, 6.45) is -2.05. The van der Waals surface area contributed by atoms with Crippen molar-refractivity contribution in [3.8, 4) is 5.69 Å². The monoisotopic (exact) mass is 419 g/mol. The smallest absolute Gasteiger partial charge is 0.416 e. The van der Waals surface area contributed by atoms with E-state index in [2.05, 4.69) is 25.5 Å². The highest BCUT2D eigenvalue weighted by atomic mass is 19.4. The third kappa shape index (κ3) is 4.93. The molecule has 0 unspecified atom stereocenters. The number of carbonyl (C=O) groups is 2. The SMILES string of the molecule is COC(=O)c1cccc(NCC(=O)Nc2cc(C(F)(F)F)ccc2-n2cncn2)c1. The Bertz CT molecular complexity index is 1050. The molecule has 0 spiro atoms. The minimum atomic E-state index is -4.58. The maximum absolute atomic E-state index is 13.1. The molecule has 11 heteroatoms. The Balaban J connectivity index is 1.76. The molecule has 0 bridgehead atoms. The molecule has 1 aromatic heterocycles. The van der Waals surface area contributed by atoms with Crippen LogP contribution in [-0.2, 0) is 15.7 Å². The van der Waals surface area contributed by atoms with Gasteiger partial charge in [-0.15, -0.1) is 0 Å². The Kier molecular flexibility index (Phi) is 6.00. The number of alkyl halides is 3. The van der Waals surface area contributed by atoms with Crippen LogP contribution in [0.25, 0.3) is 5.69 Å². The van der Waals surface area contributed by atoms with Gasteiger partial charge in [0.2, 0.25) is 5.91 Å². The zero-order valence-electron chi connectivity index (χ0n) is 15.6. The summed E-state index contributed by atoms with van der Waals surface area (Å²) in [7, 11) is 1.25. The molecule has 8 nitrogen and oxygen atoms in total. The Hall–Kier alpha value is -3.89. The van der Waals surface area contributed by atoms with Crippen molar-refractivity contribution in [1.82, 2.24) is 14.8 Å². The Morgan fingerprint density at radius 1 is 1.17 bits per heavy atom. The number of rotatable bonds is 6. The first-order valence-electron chi connectivity index (χ1n) is 8.56. The maximum atomic E-state index is 13.1. The molecule has 1 amide bonds. The molecular formula is C19H16F3N5O3. The molecule has 2 aromatic carbocycles. The number of hydrogen-bond acceptors (Lipinski definition) is 6. The average Bonchev–Trinajstić information content (AvgIpc) is 3.26. The lowest BCUT2D eigenvalue weighted by molar-refractivity contribution is -0.137. The number of ether oxygens (including phenoxy) is 1. The van der Waals surface area contributed by atoms with Crippen molar-refractivity contribution in [3.63, 3.8) is 0 Å². The number of halogens is 3. The quantitative estimate of drug-likeness (QED) is 0.596. The number of aromatic nitrogens is 3. The molecular weight excluding hydrogens is 403 g/mol. The fourth-order valence-electron chi connectivity index (χ4n) is 2.60. The highest BCUT2D eigenvalue weighted by molar-refractivity contribution is 5.96. The number of amides is 1. The number of hydrogen-bond donors (Lipinski definition) is 2. The van der Waals surface area contributed by atoms with Crippen LogP contribution >= 0.6 is 0 Å². The van der Waals surface area contributed by atoms with E-state index in [0.29, 0.717) is 5.69 Å². The number of benzene rings is 2. The molecule has 3 aromatic rings. The predicted octanol–water partition coefficient (Wildman–Crippen LogP) is 3.12. The summed E-state index contributed by atoms with van der Waals surface area (Å²) < 4.78 is 45.1. The van der Waals surface area contributed by atoms with Crippen molar-refractivity contribution in [2.45, 2.75) is 6.18 Å². The fourth-order valence-corrected chi connectivity index (χ4v) is 2.60. The van der Waals surface area contributed by atoms with Gasteiger partial charge >= 0.3 is 12.1 Å². The van der Waals surface area contributed by atoms with Crippen molar-refractivity contribution in [2.75, 3.05) is 24.3 Å². The molecule has 0 radical (unpaired) electrons. The van der Waals surface area contributed by atoms with Crippen LogP contribution in [0, 0.1) is 0 Å². The molecule has 3 rings (SSSR count). The van der Waals surface area contributed by atoms with Gasteiger partial charge in [-0.1, -0.05) is 6.07 Å². The van der Waals surface area contributed by atoms with Gasteiger partial charge in [-0.25, -0.2) is 14.5 Å². The first-order chi connectivity index (χ1) is 14.3. The van der Waals surface area contributed by atoms with E-state index in [9.17, 15) is 22.8 Å². The molecule has 0 saturated carbocycles. The van der Waals surface area contributed by atoms with Gasteiger partial charge in [-0.2, -0.15) is 18.3 Å². The van der Waals surface area contributed by atoms with Gasteiger partial charge < -0.3 is 15.4 Å². The second kappa shape index (κ2) is 8.64. The highest BCUT2D eigenvalue weighted by Crippen LogP contribution is 2.33. The normalized spacial score (nSPS) is 11.1. The van der Waals surface area contributed by atoms with Crippen molar-refractivity contribution >= 4 is 23.3 Å². The van der Waals surface area contributed by atoms with Crippen LogP contribution in [0.3, 0.4) is 0 Å². The van der Waals surface area contributed by atoms with Gasteiger partial charge in [0.25, 0.3) is 0 Å². The Labute approximate surface area is 168 Å². The van der Waals surface area contributed by atoms with Crippen molar-refractivity contribution in [3.05, 3.63) is 66.2 Å². The van der Waals surface area contributed by atoms with E-state index >= 15 is 0 Å². The Morgan fingerprint density at radius 3 is 2.63 bits per heavy atom. The van der Waals surface area contributed by atoms with Crippen LogP contribution in [0.15, 0.2) is 55.1 Å². The lowest BCUT2D eigenvalue weighted by atomic mass is 10.1. The summed E-state index contributed by atoms with van der Waals surface area (Å²) in [5.74, 6) is -1.14. The van der Waals surface area contributed by atoms with Gasteiger partial charge in [-0.05, 0) is 36.4 Å². The van der Waals surface area contributed by atoms with E-state index in [4.69, 9.17) is 0 Å². The zero-order chi connectivity index (χ0) is 21.7. The predicted molar refractivity (Wildman–Crippen MR) is 101 cm³/mol. The number of nitrogens with zero attached hydrogens (tertiary/aromatic N) is 3. The fraction of sp³-hybridized carbons (Fsp3) is 0.158. The molecule has 0 fully saturated rings. The van der Waals surface area contributed by atoms with Gasteiger partial charge in [-0.3, -0.25) is 4.79 Å². The third-order valence-corrected chi connectivity index (χ3v) is 4.00. The molecule has 1 heterocycles. The number of esters is 1. The minimum Gasteiger partial charge on any atom is -0.465 e. The number of anilines is 2. The molecule has 2 N–H and O–H groups in total. The van der Waals surface area contributed by atoms with Crippen molar-refractivity contribution in [1.29, 1.82) is 0 Å². The molecule has 0 aliphatic carbocycles. The molecule has 0 atom stereocenters. The molecule has 0 aliphatic heterocycles. The second-order valence-electron chi connectivity index (χ2n) is 6.04. The summed E-state index contributed by atoms with van der Waals surface area (Å²) in [5.41, 5.74) is -0.0183. The van der Waals surface area contributed by atoms with Crippen LogP contribution in [-0.4, -0.2) is 40.3 Å². The third-order valence-electron chi connectivity index (χ3n) is 4.00. The molecule has 30 heavy (non-hydrogen) atoms. The summed E-state index contributed by atoms with van der Waals surface area (Å²) in [6.45, 7) is -0.252. The van der Waals surface area contributed by atoms with Gasteiger partial charge in [0, 0.05) is 5.69 Å². The summed E-state index contributed by atoms with van der Waals surface area (Å²) in [6, 6.07) is 9.18. The van der Waals surface area contributed by atoms with E-state index in [1.165, 1.54) is 36.6 Å². The van der Waals surface area contributed by atoms with Crippen molar-refractivity contribution < 1.29 is 27.5 Å². The van der Waals surface area contributed by atoms with Gasteiger partial charge in [0.1, 0.15) is 12.7 Å². The number of carbonyl (C=O) groups excluding carboxylic acids is 2. The van der Waals surface area contributed by atoms with Crippen LogP contribution in [0.4, 0.5) is 24.5 Å². The first-order valence-corrected chi connectivity index (χ1v) is 8.56. The maximum Gasteiger partial charge on any atom is 0.416 e. The number of nitrogens with one attached hydrogen (secondary N) is 2. The van der Waals surface area contributed by atoms with Gasteiger partial charge in [0.15, 0.2) is 0 Å². The van der Waals surface area contributed by atoms with E-state index < -0.39 is 23.6 Å². The zero-order valence-corrected chi connectivity index (χ0v) is 15.6. The molecule has 0 aliphatic rings.